The number of benzene rings is 2. The molecule has 0 aromatic heterocycles. The zero-order valence-electron chi connectivity index (χ0n) is 15.1. The summed E-state index contributed by atoms with van der Waals surface area (Å²) >= 11 is 0. The molecule has 3 rings (SSSR count). The van der Waals surface area contributed by atoms with Gasteiger partial charge in [-0.2, -0.15) is 0 Å². The van der Waals surface area contributed by atoms with E-state index in [4.69, 9.17) is 4.74 Å². The van der Waals surface area contributed by atoms with Gasteiger partial charge in [0.15, 0.2) is 0 Å². The van der Waals surface area contributed by atoms with Crippen LogP contribution in [0.2, 0.25) is 0 Å². The molecule has 1 heterocycles. The molecular formula is C21H26O3. The first-order valence-corrected chi connectivity index (χ1v) is 8.77. The van der Waals surface area contributed by atoms with E-state index in [9.17, 15) is 10.2 Å². The van der Waals surface area contributed by atoms with Crippen LogP contribution in [0.3, 0.4) is 0 Å². The maximum Gasteiger partial charge on any atom is 0.137 e. The number of fused-ring (bicyclic) bond motifs is 2. The molecule has 0 saturated carbocycles. The molecule has 0 aliphatic carbocycles. The van der Waals surface area contributed by atoms with Gasteiger partial charge in [-0.15, -0.1) is 0 Å². The summed E-state index contributed by atoms with van der Waals surface area (Å²) in [4.78, 5) is 0. The van der Waals surface area contributed by atoms with E-state index < -0.39 is 0 Å². The van der Waals surface area contributed by atoms with Crippen molar-refractivity contribution in [2.24, 2.45) is 5.92 Å². The largest absolute Gasteiger partial charge is 0.508 e. The highest BCUT2D eigenvalue weighted by Crippen LogP contribution is 2.52. The number of aryl methyl sites for hydroxylation is 2. The molecule has 0 radical (unpaired) electrons. The van der Waals surface area contributed by atoms with Gasteiger partial charge in [0.2, 0.25) is 0 Å². The smallest absolute Gasteiger partial charge is 0.137 e. The molecule has 2 aromatic rings. The number of hydrogen-bond acceptors (Lipinski definition) is 3. The molecule has 1 aliphatic heterocycles. The highest BCUT2D eigenvalue weighted by molar-refractivity contribution is 5.63. The zero-order chi connectivity index (χ0) is 17.6. The van der Waals surface area contributed by atoms with Gasteiger partial charge in [0.05, 0.1) is 0 Å². The van der Waals surface area contributed by atoms with Gasteiger partial charge in [-0.1, -0.05) is 27.7 Å². The summed E-state index contributed by atoms with van der Waals surface area (Å²) in [5, 5.41) is 20.6. The summed E-state index contributed by atoms with van der Waals surface area (Å²) in [6.45, 7) is 10.4. The molecular weight excluding hydrogens is 300 g/mol. The zero-order valence-corrected chi connectivity index (χ0v) is 15.1. The van der Waals surface area contributed by atoms with Crippen molar-refractivity contribution in [2.45, 2.75) is 53.4 Å². The summed E-state index contributed by atoms with van der Waals surface area (Å²) in [5.74, 6) is 2.60. The summed E-state index contributed by atoms with van der Waals surface area (Å²) in [6.07, 6.45) is 1.57. The Bertz CT molecular complexity index is 790. The fourth-order valence-electron chi connectivity index (χ4n) is 3.77. The summed E-state index contributed by atoms with van der Waals surface area (Å²) in [7, 11) is 0. The Kier molecular flexibility index (Phi) is 4.20. The van der Waals surface area contributed by atoms with Crippen molar-refractivity contribution in [2.75, 3.05) is 0 Å². The number of hydrogen-bond donors (Lipinski definition) is 2. The topological polar surface area (TPSA) is 49.7 Å². The molecule has 0 amide bonds. The van der Waals surface area contributed by atoms with Crippen molar-refractivity contribution < 1.29 is 14.9 Å². The van der Waals surface area contributed by atoms with Gasteiger partial charge in [-0.25, -0.2) is 0 Å². The van der Waals surface area contributed by atoms with E-state index in [-0.39, 0.29) is 11.7 Å². The van der Waals surface area contributed by atoms with E-state index in [2.05, 4.69) is 32.9 Å². The van der Waals surface area contributed by atoms with Gasteiger partial charge in [0, 0.05) is 28.7 Å². The van der Waals surface area contributed by atoms with Gasteiger partial charge in [-0.05, 0) is 48.9 Å². The molecule has 1 atom stereocenters. The number of aromatic hydroxyl groups is 2. The van der Waals surface area contributed by atoms with Crippen LogP contribution >= 0.6 is 0 Å². The van der Waals surface area contributed by atoms with Crippen LogP contribution < -0.4 is 4.74 Å². The molecule has 24 heavy (non-hydrogen) atoms. The van der Waals surface area contributed by atoms with Crippen LogP contribution in [0.4, 0.5) is 0 Å². The first-order valence-electron chi connectivity index (χ1n) is 8.77. The Morgan fingerprint density at radius 1 is 1.00 bits per heavy atom. The number of phenols is 2. The average molecular weight is 326 g/mol. The minimum atomic E-state index is 0.194. The monoisotopic (exact) mass is 326 g/mol. The fourth-order valence-corrected chi connectivity index (χ4v) is 3.77. The van der Waals surface area contributed by atoms with Crippen molar-refractivity contribution in [3.8, 4) is 23.0 Å². The highest BCUT2D eigenvalue weighted by atomic mass is 16.5. The van der Waals surface area contributed by atoms with Crippen molar-refractivity contribution >= 4 is 0 Å². The average Bonchev–Trinajstić information content (AvgIpc) is 2.55. The second kappa shape index (κ2) is 6.04. The normalized spacial score (nSPS) is 15.8. The molecule has 3 nitrogen and oxygen atoms in total. The lowest BCUT2D eigenvalue weighted by Gasteiger charge is -2.33. The van der Waals surface area contributed by atoms with E-state index in [0.717, 1.165) is 46.4 Å². The predicted molar refractivity (Wildman–Crippen MR) is 96.5 cm³/mol. The van der Waals surface area contributed by atoms with E-state index in [0.29, 0.717) is 17.4 Å². The van der Waals surface area contributed by atoms with Gasteiger partial charge >= 0.3 is 0 Å². The lowest BCUT2D eigenvalue weighted by atomic mass is 9.78. The van der Waals surface area contributed by atoms with E-state index in [1.54, 1.807) is 6.07 Å². The lowest BCUT2D eigenvalue weighted by Crippen LogP contribution is -2.17. The molecule has 3 heteroatoms. The standard InChI is InChI=1S/C21H26O3/c1-6-13-8-15-18(10-17(13)22)24-21-12(5)20(23)14(7-2)9-16(21)19(15)11(3)4/h8-11,19,22-23H,6-7H2,1-5H3. The third-order valence-corrected chi connectivity index (χ3v) is 5.11. The maximum atomic E-state index is 10.4. The number of ether oxygens (including phenoxy) is 1. The van der Waals surface area contributed by atoms with Crippen molar-refractivity contribution in [3.63, 3.8) is 0 Å². The third-order valence-electron chi connectivity index (χ3n) is 5.11. The Balaban J connectivity index is 2.28. The molecule has 0 fully saturated rings. The third kappa shape index (κ3) is 2.43. The Hall–Kier alpha value is -2.16. The van der Waals surface area contributed by atoms with Crippen LogP contribution in [0.5, 0.6) is 23.0 Å². The molecule has 128 valence electrons. The molecule has 2 aromatic carbocycles. The summed E-state index contributed by atoms with van der Waals surface area (Å²) in [5.41, 5.74) is 4.94. The highest BCUT2D eigenvalue weighted by Gasteiger charge is 2.33. The molecule has 1 unspecified atom stereocenters. The van der Waals surface area contributed by atoms with Gasteiger partial charge in [-0.3, -0.25) is 0 Å². The molecule has 2 N–H and O–H groups in total. The first-order chi connectivity index (χ1) is 11.4. The Morgan fingerprint density at radius 3 is 2.21 bits per heavy atom. The van der Waals surface area contributed by atoms with Crippen LogP contribution in [-0.4, -0.2) is 10.2 Å². The second-order valence-corrected chi connectivity index (χ2v) is 6.98. The SMILES string of the molecule is CCc1cc2c(cc1O)Oc1c(cc(CC)c(O)c1C)C2C(C)C. The first kappa shape index (κ1) is 16.7. The second-order valence-electron chi connectivity index (χ2n) is 6.98. The molecule has 0 spiro atoms. The quantitative estimate of drug-likeness (QED) is 0.791. The Morgan fingerprint density at radius 2 is 1.62 bits per heavy atom. The van der Waals surface area contributed by atoms with Crippen LogP contribution in [0.25, 0.3) is 0 Å². The van der Waals surface area contributed by atoms with Crippen LogP contribution in [-0.2, 0) is 12.8 Å². The van der Waals surface area contributed by atoms with Crippen LogP contribution in [0.15, 0.2) is 18.2 Å². The van der Waals surface area contributed by atoms with E-state index in [1.807, 2.05) is 13.8 Å². The summed E-state index contributed by atoms with van der Waals surface area (Å²) in [6, 6.07) is 5.88. The molecule has 0 saturated heterocycles. The fraction of sp³-hybridized carbons (Fsp3) is 0.429. The molecule has 1 aliphatic rings. The van der Waals surface area contributed by atoms with Gasteiger partial charge in [0.1, 0.15) is 23.0 Å². The Labute approximate surface area is 143 Å². The molecule has 0 bridgehead atoms. The van der Waals surface area contributed by atoms with Crippen LogP contribution in [0.1, 0.15) is 61.4 Å². The van der Waals surface area contributed by atoms with Crippen molar-refractivity contribution in [3.05, 3.63) is 46.0 Å². The number of rotatable bonds is 3. The number of phenolic OH excluding ortho intramolecular Hbond substituents is 2. The lowest BCUT2D eigenvalue weighted by molar-refractivity contribution is 0.398. The maximum absolute atomic E-state index is 10.4. The van der Waals surface area contributed by atoms with E-state index >= 15 is 0 Å². The van der Waals surface area contributed by atoms with Crippen molar-refractivity contribution in [1.82, 2.24) is 0 Å². The van der Waals surface area contributed by atoms with Gasteiger partial charge < -0.3 is 14.9 Å². The summed E-state index contributed by atoms with van der Waals surface area (Å²) < 4.78 is 6.13. The van der Waals surface area contributed by atoms with E-state index in [1.165, 1.54) is 0 Å². The minimum Gasteiger partial charge on any atom is -0.508 e. The van der Waals surface area contributed by atoms with Gasteiger partial charge in [0.25, 0.3) is 0 Å². The predicted octanol–water partition coefficient (Wildman–Crippen LogP) is 5.42. The van der Waals surface area contributed by atoms with Crippen molar-refractivity contribution in [1.29, 1.82) is 0 Å². The minimum absolute atomic E-state index is 0.194. The van der Waals surface area contributed by atoms with Crippen LogP contribution in [0, 0.1) is 12.8 Å².